The summed E-state index contributed by atoms with van der Waals surface area (Å²) in [6, 6.07) is 12.7. The van der Waals surface area contributed by atoms with E-state index in [0.29, 0.717) is 28.0 Å². The van der Waals surface area contributed by atoms with Gasteiger partial charge < -0.3 is 15.4 Å². The van der Waals surface area contributed by atoms with Crippen LogP contribution in [0, 0.1) is 0 Å². The summed E-state index contributed by atoms with van der Waals surface area (Å²) < 4.78 is 5.19. The fourth-order valence-electron chi connectivity index (χ4n) is 2.10. The molecule has 0 heterocycles. The van der Waals surface area contributed by atoms with Gasteiger partial charge in [0.05, 0.1) is 19.3 Å². The monoisotopic (exact) mass is 352 g/mol. The first-order chi connectivity index (χ1) is 11.1. The molecule has 23 heavy (non-hydrogen) atoms. The van der Waals surface area contributed by atoms with Crippen molar-refractivity contribution >= 4 is 34.8 Å². The van der Waals surface area contributed by atoms with E-state index >= 15 is 0 Å². The molecule has 0 aromatic heterocycles. The smallest absolute Gasteiger partial charge is 0.238 e. The van der Waals surface area contributed by atoms with Crippen molar-refractivity contribution in [1.82, 2.24) is 5.32 Å². The predicted molar refractivity (Wildman–Crippen MR) is 94.7 cm³/mol. The molecule has 0 saturated carbocycles. The van der Waals surface area contributed by atoms with Crippen LogP contribution in [0.2, 0.25) is 10.0 Å². The van der Waals surface area contributed by atoms with Crippen molar-refractivity contribution in [1.29, 1.82) is 0 Å². The summed E-state index contributed by atoms with van der Waals surface area (Å²) in [7, 11) is 1.54. The Kier molecular flexibility index (Phi) is 6.71. The Morgan fingerprint density at radius 1 is 1.13 bits per heavy atom. The van der Waals surface area contributed by atoms with Gasteiger partial charge in [-0.05, 0) is 48.9 Å². The van der Waals surface area contributed by atoms with Crippen molar-refractivity contribution in [3.63, 3.8) is 0 Å². The van der Waals surface area contributed by atoms with Gasteiger partial charge in [0.2, 0.25) is 5.91 Å². The van der Waals surface area contributed by atoms with Gasteiger partial charge in [-0.2, -0.15) is 0 Å². The van der Waals surface area contributed by atoms with Crippen LogP contribution < -0.4 is 15.4 Å². The quantitative estimate of drug-likeness (QED) is 0.745. The number of halogens is 2. The molecule has 0 atom stereocenters. The van der Waals surface area contributed by atoms with Gasteiger partial charge in [0.25, 0.3) is 0 Å². The number of anilines is 1. The van der Waals surface area contributed by atoms with E-state index in [1.807, 2.05) is 24.3 Å². The number of ether oxygens (including phenoxy) is 1. The number of hydrogen-bond donors (Lipinski definition) is 2. The molecule has 2 aromatic carbocycles. The molecule has 0 spiro atoms. The molecule has 0 aliphatic rings. The minimum atomic E-state index is -0.156. The fraction of sp³-hybridized carbons (Fsp3) is 0.235. The highest BCUT2D eigenvalue weighted by atomic mass is 35.5. The minimum Gasteiger partial charge on any atom is -0.495 e. The van der Waals surface area contributed by atoms with E-state index in [2.05, 4.69) is 10.6 Å². The zero-order valence-corrected chi connectivity index (χ0v) is 14.2. The van der Waals surface area contributed by atoms with Crippen LogP contribution in [0.15, 0.2) is 42.5 Å². The largest absolute Gasteiger partial charge is 0.495 e. The highest BCUT2D eigenvalue weighted by molar-refractivity contribution is 6.31. The predicted octanol–water partition coefficient (Wildman–Crippen LogP) is 3.77. The number of carbonyl (C=O) groups is 1. The summed E-state index contributed by atoms with van der Waals surface area (Å²) >= 11 is 11.9. The van der Waals surface area contributed by atoms with Gasteiger partial charge >= 0.3 is 0 Å². The molecule has 6 heteroatoms. The number of carbonyl (C=O) groups excluding carboxylic acids is 1. The molecule has 1 amide bonds. The standard InChI is InChI=1S/C17H18Cl2N2O2/c1-23-16-6-5-14(19)10-15(16)21-17(22)11-20-8-7-12-3-2-4-13(18)9-12/h2-6,9-10,20H,7-8,11H2,1H3,(H,21,22). The number of amides is 1. The SMILES string of the molecule is COc1ccc(Cl)cc1NC(=O)CNCCc1cccc(Cl)c1. The average Bonchev–Trinajstić information content (AvgIpc) is 2.52. The lowest BCUT2D eigenvalue weighted by molar-refractivity contribution is -0.115. The summed E-state index contributed by atoms with van der Waals surface area (Å²) in [6.45, 7) is 0.886. The van der Waals surface area contributed by atoms with E-state index in [0.717, 1.165) is 12.0 Å². The Morgan fingerprint density at radius 3 is 2.65 bits per heavy atom. The van der Waals surface area contributed by atoms with Gasteiger partial charge in [0.1, 0.15) is 5.75 Å². The van der Waals surface area contributed by atoms with Gasteiger partial charge in [0, 0.05) is 10.0 Å². The van der Waals surface area contributed by atoms with E-state index in [-0.39, 0.29) is 12.5 Å². The van der Waals surface area contributed by atoms with Crippen LogP contribution in [-0.4, -0.2) is 26.1 Å². The molecule has 0 aliphatic heterocycles. The van der Waals surface area contributed by atoms with Crippen LogP contribution in [0.4, 0.5) is 5.69 Å². The lowest BCUT2D eigenvalue weighted by Crippen LogP contribution is -2.29. The lowest BCUT2D eigenvalue weighted by Gasteiger charge is -2.11. The minimum absolute atomic E-state index is 0.156. The molecule has 0 bridgehead atoms. The van der Waals surface area contributed by atoms with Crippen molar-refractivity contribution in [2.75, 3.05) is 25.5 Å². The number of methoxy groups -OCH3 is 1. The summed E-state index contributed by atoms with van der Waals surface area (Å²) in [4.78, 5) is 12.0. The van der Waals surface area contributed by atoms with Gasteiger partial charge in [-0.25, -0.2) is 0 Å². The van der Waals surface area contributed by atoms with Gasteiger partial charge in [0.15, 0.2) is 0 Å². The maximum atomic E-state index is 12.0. The van der Waals surface area contributed by atoms with E-state index in [1.54, 1.807) is 25.3 Å². The Labute approximate surface area is 145 Å². The van der Waals surface area contributed by atoms with E-state index in [4.69, 9.17) is 27.9 Å². The summed E-state index contributed by atoms with van der Waals surface area (Å²) in [5, 5.41) is 7.13. The van der Waals surface area contributed by atoms with Crippen LogP contribution in [0.3, 0.4) is 0 Å². The molecule has 0 aliphatic carbocycles. The molecule has 122 valence electrons. The second kappa shape index (κ2) is 8.77. The molecule has 2 rings (SSSR count). The van der Waals surface area contributed by atoms with Gasteiger partial charge in [-0.1, -0.05) is 35.3 Å². The first-order valence-corrected chi connectivity index (χ1v) is 7.92. The summed E-state index contributed by atoms with van der Waals surface area (Å²) in [5.74, 6) is 0.415. The van der Waals surface area contributed by atoms with Crippen LogP contribution in [0.5, 0.6) is 5.75 Å². The molecule has 4 nitrogen and oxygen atoms in total. The molecule has 0 radical (unpaired) electrons. The highest BCUT2D eigenvalue weighted by Gasteiger charge is 2.08. The first kappa shape index (κ1) is 17.6. The Morgan fingerprint density at radius 2 is 1.91 bits per heavy atom. The van der Waals surface area contributed by atoms with Crippen LogP contribution in [0.25, 0.3) is 0 Å². The zero-order valence-electron chi connectivity index (χ0n) is 12.7. The second-order valence-electron chi connectivity index (χ2n) is 4.95. The lowest BCUT2D eigenvalue weighted by atomic mass is 10.1. The maximum absolute atomic E-state index is 12.0. The Hall–Kier alpha value is -1.75. The Balaban J connectivity index is 1.78. The van der Waals surface area contributed by atoms with Crippen molar-refractivity contribution in [2.45, 2.75) is 6.42 Å². The molecule has 0 fully saturated rings. The first-order valence-electron chi connectivity index (χ1n) is 7.17. The van der Waals surface area contributed by atoms with Crippen LogP contribution in [0.1, 0.15) is 5.56 Å². The molecule has 2 aromatic rings. The van der Waals surface area contributed by atoms with Crippen LogP contribution >= 0.6 is 23.2 Å². The third-order valence-corrected chi connectivity index (χ3v) is 3.67. The zero-order chi connectivity index (χ0) is 16.7. The second-order valence-corrected chi connectivity index (χ2v) is 5.82. The third kappa shape index (κ3) is 5.75. The van der Waals surface area contributed by atoms with Crippen molar-refractivity contribution in [2.24, 2.45) is 0 Å². The summed E-state index contributed by atoms with van der Waals surface area (Å²) in [5.41, 5.74) is 1.68. The average molecular weight is 353 g/mol. The topological polar surface area (TPSA) is 50.4 Å². The normalized spacial score (nSPS) is 10.4. The van der Waals surface area contributed by atoms with Gasteiger partial charge in [-0.3, -0.25) is 4.79 Å². The third-order valence-electron chi connectivity index (χ3n) is 3.20. The molecule has 0 saturated heterocycles. The van der Waals surface area contributed by atoms with Crippen molar-refractivity contribution in [3.8, 4) is 5.75 Å². The van der Waals surface area contributed by atoms with E-state index in [9.17, 15) is 4.79 Å². The number of benzene rings is 2. The van der Waals surface area contributed by atoms with Crippen LogP contribution in [-0.2, 0) is 11.2 Å². The maximum Gasteiger partial charge on any atom is 0.238 e. The highest BCUT2D eigenvalue weighted by Crippen LogP contribution is 2.27. The molecule has 0 unspecified atom stereocenters. The van der Waals surface area contributed by atoms with E-state index < -0.39 is 0 Å². The number of hydrogen-bond acceptors (Lipinski definition) is 3. The Bertz CT molecular complexity index is 677. The number of nitrogens with one attached hydrogen (secondary N) is 2. The van der Waals surface area contributed by atoms with E-state index in [1.165, 1.54) is 0 Å². The fourth-order valence-corrected chi connectivity index (χ4v) is 2.48. The molecule has 2 N–H and O–H groups in total. The molecular formula is C17H18Cl2N2O2. The van der Waals surface area contributed by atoms with Crippen molar-refractivity contribution < 1.29 is 9.53 Å². The van der Waals surface area contributed by atoms with Crippen molar-refractivity contribution in [3.05, 3.63) is 58.1 Å². The van der Waals surface area contributed by atoms with Gasteiger partial charge in [-0.15, -0.1) is 0 Å². The number of rotatable bonds is 7. The summed E-state index contributed by atoms with van der Waals surface area (Å²) in [6.07, 6.45) is 0.800. The molecular weight excluding hydrogens is 335 g/mol.